The standard InChI is InChI=1S/C31H34ClN5O4S/c1-19-18-42-26(33-19)24-12-9-13-37(24)27(38)22-14-21(15-23(32)16-22)25-35-36-28(40-25)31(5,17-20-10-7-6-8-11-20)34-29(39)41-30(2,3)4/h6-8,10-11,14-16,18,24H,9,12-13,17H2,1-5H3,(H,34,39). The van der Waals surface area contributed by atoms with Crippen LogP contribution in [-0.2, 0) is 16.7 Å². The van der Waals surface area contributed by atoms with Crippen molar-refractivity contribution in [1.82, 2.24) is 25.4 Å². The lowest BCUT2D eigenvalue weighted by atomic mass is 9.92. The Labute approximate surface area is 254 Å². The lowest BCUT2D eigenvalue weighted by molar-refractivity contribution is 0.0443. The molecule has 11 heteroatoms. The van der Waals surface area contributed by atoms with Gasteiger partial charge in [-0.15, -0.1) is 21.5 Å². The summed E-state index contributed by atoms with van der Waals surface area (Å²) in [6.07, 6.45) is 1.54. The van der Waals surface area contributed by atoms with Crippen LogP contribution in [0.1, 0.15) is 79.1 Å². The molecule has 1 N–H and O–H groups in total. The maximum absolute atomic E-state index is 13.7. The number of aryl methyl sites for hydroxylation is 1. The van der Waals surface area contributed by atoms with Gasteiger partial charge in [0.25, 0.3) is 5.91 Å². The zero-order valence-electron chi connectivity index (χ0n) is 24.3. The van der Waals surface area contributed by atoms with Gasteiger partial charge in [-0.05, 0) is 71.2 Å². The van der Waals surface area contributed by atoms with Crippen molar-refractivity contribution in [2.24, 2.45) is 0 Å². The van der Waals surface area contributed by atoms with Crippen molar-refractivity contribution in [1.29, 1.82) is 0 Å². The fourth-order valence-electron chi connectivity index (χ4n) is 5.06. The molecule has 0 radical (unpaired) electrons. The average molecular weight is 608 g/mol. The highest BCUT2D eigenvalue weighted by Gasteiger charge is 2.37. The van der Waals surface area contributed by atoms with Gasteiger partial charge in [0, 0.05) is 40.2 Å². The van der Waals surface area contributed by atoms with E-state index in [0.717, 1.165) is 29.1 Å². The fourth-order valence-corrected chi connectivity index (χ4v) is 6.24. The number of nitrogens with zero attached hydrogens (tertiary/aromatic N) is 4. The Hall–Kier alpha value is -3.76. The zero-order valence-corrected chi connectivity index (χ0v) is 25.9. The first-order valence-electron chi connectivity index (χ1n) is 13.8. The predicted molar refractivity (Wildman–Crippen MR) is 161 cm³/mol. The molecule has 1 fully saturated rings. The van der Waals surface area contributed by atoms with E-state index in [0.29, 0.717) is 29.1 Å². The molecular formula is C31H34ClN5O4S. The number of hydrogen-bond acceptors (Lipinski definition) is 8. The molecule has 2 atom stereocenters. The van der Waals surface area contributed by atoms with E-state index < -0.39 is 17.2 Å². The van der Waals surface area contributed by atoms with Crippen molar-refractivity contribution in [3.05, 3.63) is 86.7 Å². The van der Waals surface area contributed by atoms with Gasteiger partial charge >= 0.3 is 6.09 Å². The molecule has 4 aromatic rings. The SMILES string of the molecule is Cc1csc(C2CCCN2C(=O)c2cc(Cl)cc(-c3nnc(C(C)(Cc4ccccc4)NC(=O)OC(C)(C)C)o3)c2)n1. The molecule has 2 amide bonds. The summed E-state index contributed by atoms with van der Waals surface area (Å²) in [5, 5.41) is 14.8. The second kappa shape index (κ2) is 11.9. The number of amides is 2. The maximum Gasteiger partial charge on any atom is 0.408 e. The highest BCUT2D eigenvalue weighted by molar-refractivity contribution is 7.09. The van der Waals surface area contributed by atoms with Gasteiger partial charge in [-0.1, -0.05) is 41.9 Å². The van der Waals surface area contributed by atoms with Gasteiger partial charge in [0.2, 0.25) is 11.8 Å². The van der Waals surface area contributed by atoms with Crippen molar-refractivity contribution in [2.75, 3.05) is 6.54 Å². The van der Waals surface area contributed by atoms with E-state index in [2.05, 4.69) is 20.5 Å². The summed E-state index contributed by atoms with van der Waals surface area (Å²) in [6, 6.07) is 14.7. The van der Waals surface area contributed by atoms with Crippen LogP contribution in [0.3, 0.4) is 0 Å². The first-order chi connectivity index (χ1) is 19.9. The van der Waals surface area contributed by atoms with Crippen LogP contribution >= 0.6 is 22.9 Å². The molecule has 1 aliphatic heterocycles. The van der Waals surface area contributed by atoms with Crippen LogP contribution in [0.5, 0.6) is 0 Å². The summed E-state index contributed by atoms with van der Waals surface area (Å²) < 4.78 is 11.7. The third-order valence-electron chi connectivity index (χ3n) is 6.90. The number of nitrogens with one attached hydrogen (secondary N) is 1. The molecule has 42 heavy (non-hydrogen) atoms. The van der Waals surface area contributed by atoms with Crippen LogP contribution in [0.4, 0.5) is 4.79 Å². The molecule has 9 nitrogen and oxygen atoms in total. The van der Waals surface area contributed by atoms with Gasteiger partial charge in [0.15, 0.2) is 0 Å². The number of carbonyl (C=O) groups excluding carboxylic acids is 2. The molecule has 0 spiro atoms. The topological polar surface area (TPSA) is 110 Å². The van der Waals surface area contributed by atoms with Crippen LogP contribution in [0.25, 0.3) is 11.5 Å². The molecule has 2 aromatic carbocycles. The maximum atomic E-state index is 13.7. The number of aromatic nitrogens is 3. The molecule has 0 aliphatic carbocycles. The van der Waals surface area contributed by atoms with Crippen LogP contribution in [0.2, 0.25) is 5.02 Å². The summed E-state index contributed by atoms with van der Waals surface area (Å²) in [5.41, 5.74) is 1.07. The van der Waals surface area contributed by atoms with E-state index in [1.165, 1.54) is 0 Å². The van der Waals surface area contributed by atoms with Crippen molar-refractivity contribution < 1.29 is 18.7 Å². The van der Waals surface area contributed by atoms with Crippen LogP contribution in [0.15, 0.2) is 58.3 Å². The van der Waals surface area contributed by atoms with Crippen molar-refractivity contribution >= 4 is 34.9 Å². The number of ether oxygens (including phenoxy) is 1. The molecule has 3 heterocycles. The van der Waals surface area contributed by atoms with Gasteiger partial charge in [-0.2, -0.15) is 0 Å². The summed E-state index contributed by atoms with van der Waals surface area (Å²) in [7, 11) is 0. The molecule has 220 valence electrons. The summed E-state index contributed by atoms with van der Waals surface area (Å²) in [4.78, 5) is 33.0. The number of halogens is 1. The van der Waals surface area contributed by atoms with Crippen LogP contribution in [-0.4, -0.2) is 44.2 Å². The van der Waals surface area contributed by atoms with E-state index in [4.69, 9.17) is 20.8 Å². The number of hydrogen-bond donors (Lipinski definition) is 1. The van der Waals surface area contributed by atoms with Gasteiger partial charge in [-0.25, -0.2) is 9.78 Å². The number of likely N-dealkylation sites (tertiary alicyclic amines) is 1. The van der Waals surface area contributed by atoms with Gasteiger partial charge < -0.3 is 19.4 Å². The summed E-state index contributed by atoms with van der Waals surface area (Å²) in [6.45, 7) is 9.80. The Kier molecular flexibility index (Phi) is 8.39. The molecule has 1 aliphatic rings. The third kappa shape index (κ3) is 6.82. The monoisotopic (exact) mass is 607 g/mol. The van der Waals surface area contributed by atoms with Crippen molar-refractivity contribution in [2.45, 2.75) is 71.1 Å². The molecule has 5 rings (SSSR count). The number of thiazole rings is 1. The summed E-state index contributed by atoms with van der Waals surface area (Å²) >= 11 is 8.07. The Bertz CT molecular complexity index is 1580. The summed E-state index contributed by atoms with van der Waals surface area (Å²) in [5.74, 6) is 0.244. The second-order valence-corrected chi connectivity index (χ2v) is 13.1. The quantitative estimate of drug-likeness (QED) is 0.238. The normalized spacial score (nSPS) is 16.7. The first-order valence-corrected chi connectivity index (χ1v) is 15.1. The van der Waals surface area contributed by atoms with E-state index in [-0.39, 0.29) is 23.7 Å². The largest absolute Gasteiger partial charge is 0.444 e. The van der Waals surface area contributed by atoms with Crippen molar-refractivity contribution in [3.63, 3.8) is 0 Å². The molecule has 2 unspecified atom stereocenters. The lowest BCUT2D eigenvalue weighted by Crippen LogP contribution is -2.47. The number of alkyl carbamates (subject to hydrolysis) is 1. The molecular weight excluding hydrogens is 574 g/mol. The molecule has 1 saturated heterocycles. The zero-order chi connectivity index (χ0) is 30.1. The first kappa shape index (κ1) is 29.7. The van der Waals surface area contributed by atoms with E-state index >= 15 is 0 Å². The molecule has 0 saturated carbocycles. The van der Waals surface area contributed by atoms with E-state index in [1.807, 2.05) is 54.5 Å². The van der Waals surface area contributed by atoms with Gasteiger partial charge in [0.1, 0.15) is 16.1 Å². The Morgan fingerprint density at radius 1 is 1.14 bits per heavy atom. The molecule has 0 bridgehead atoms. The van der Waals surface area contributed by atoms with Crippen molar-refractivity contribution in [3.8, 4) is 11.5 Å². The lowest BCUT2D eigenvalue weighted by Gasteiger charge is -2.29. The van der Waals surface area contributed by atoms with E-state index in [1.54, 1.807) is 50.3 Å². The molecule has 2 aromatic heterocycles. The third-order valence-corrected chi connectivity index (χ3v) is 8.18. The predicted octanol–water partition coefficient (Wildman–Crippen LogP) is 7.11. The minimum atomic E-state index is -1.08. The van der Waals surface area contributed by atoms with Crippen LogP contribution in [0, 0.1) is 6.92 Å². The Balaban J connectivity index is 1.44. The Morgan fingerprint density at radius 3 is 2.60 bits per heavy atom. The Morgan fingerprint density at radius 2 is 1.90 bits per heavy atom. The second-order valence-electron chi connectivity index (χ2n) is 11.7. The number of rotatable bonds is 7. The van der Waals surface area contributed by atoms with Gasteiger partial charge in [-0.3, -0.25) is 4.79 Å². The average Bonchev–Trinajstić information content (AvgIpc) is 3.68. The van der Waals surface area contributed by atoms with Gasteiger partial charge in [0.05, 0.1) is 6.04 Å². The fraction of sp³-hybridized carbons (Fsp3) is 0.387. The van der Waals surface area contributed by atoms with E-state index in [9.17, 15) is 9.59 Å². The highest BCUT2D eigenvalue weighted by Crippen LogP contribution is 2.36. The van der Waals surface area contributed by atoms with Crippen LogP contribution < -0.4 is 5.32 Å². The number of carbonyl (C=O) groups is 2. The minimum Gasteiger partial charge on any atom is -0.444 e. The smallest absolute Gasteiger partial charge is 0.408 e. The highest BCUT2D eigenvalue weighted by atomic mass is 35.5. The number of benzene rings is 2. The minimum absolute atomic E-state index is 0.0636.